The van der Waals surface area contributed by atoms with Gasteiger partial charge in [-0.05, 0) is 62.2 Å². The van der Waals surface area contributed by atoms with Gasteiger partial charge in [-0.15, -0.1) is 0 Å². The van der Waals surface area contributed by atoms with Crippen LogP contribution in [0.25, 0.3) is 0 Å². The number of amides is 2. The molecule has 6 heteroatoms. The number of ether oxygens (including phenoxy) is 1. The normalized spacial score (nSPS) is 15.0. The summed E-state index contributed by atoms with van der Waals surface area (Å²) in [6.45, 7) is 4.36. The molecule has 2 N–H and O–H groups in total. The summed E-state index contributed by atoms with van der Waals surface area (Å²) in [4.78, 5) is 27.1. The number of nitrogens with one attached hydrogen (secondary N) is 2. The zero-order valence-electron chi connectivity index (χ0n) is 17.1. The van der Waals surface area contributed by atoms with Crippen molar-refractivity contribution in [3.8, 4) is 5.75 Å². The third-order valence-electron chi connectivity index (χ3n) is 5.35. The molecule has 0 aromatic heterocycles. The number of likely N-dealkylation sites (tertiary alicyclic amines) is 1. The SMILES string of the molecule is COc1cccc(C(CNC(=O)CNC(=O)c2ccccc2C)N2CCCC2)c1. The third-order valence-corrected chi connectivity index (χ3v) is 5.35. The van der Waals surface area contributed by atoms with Gasteiger partial charge < -0.3 is 15.4 Å². The summed E-state index contributed by atoms with van der Waals surface area (Å²) in [5, 5.41) is 5.69. The number of hydrogen-bond acceptors (Lipinski definition) is 4. The summed E-state index contributed by atoms with van der Waals surface area (Å²) in [5.41, 5.74) is 2.60. The second-order valence-electron chi connectivity index (χ2n) is 7.34. The molecule has 3 rings (SSSR count). The maximum absolute atomic E-state index is 12.4. The summed E-state index contributed by atoms with van der Waals surface area (Å²) < 4.78 is 5.36. The van der Waals surface area contributed by atoms with E-state index in [9.17, 15) is 9.59 Å². The van der Waals surface area contributed by atoms with Crippen molar-refractivity contribution in [2.24, 2.45) is 0 Å². The first-order valence-corrected chi connectivity index (χ1v) is 10.1. The quantitative estimate of drug-likeness (QED) is 0.721. The predicted molar refractivity (Wildman–Crippen MR) is 113 cm³/mol. The van der Waals surface area contributed by atoms with Crippen molar-refractivity contribution < 1.29 is 14.3 Å². The van der Waals surface area contributed by atoms with Gasteiger partial charge in [0.1, 0.15) is 5.75 Å². The minimum absolute atomic E-state index is 0.0437. The summed E-state index contributed by atoms with van der Waals surface area (Å²) in [7, 11) is 1.66. The Bertz CT molecular complexity index is 847. The van der Waals surface area contributed by atoms with E-state index in [-0.39, 0.29) is 24.4 Å². The van der Waals surface area contributed by atoms with Crippen LogP contribution in [0.1, 0.15) is 40.4 Å². The van der Waals surface area contributed by atoms with Crippen LogP contribution >= 0.6 is 0 Å². The lowest BCUT2D eigenvalue weighted by atomic mass is 10.0. The van der Waals surface area contributed by atoms with Gasteiger partial charge in [0.2, 0.25) is 5.91 Å². The first-order chi connectivity index (χ1) is 14.1. The van der Waals surface area contributed by atoms with Crippen molar-refractivity contribution in [3.63, 3.8) is 0 Å². The van der Waals surface area contributed by atoms with Gasteiger partial charge in [0.15, 0.2) is 0 Å². The number of benzene rings is 2. The lowest BCUT2D eigenvalue weighted by molar-refractivity contribution is -0.120. The minimum Gasteiger partial charge on any atom is -0.497 e. The Kier molecular flexibility index (Phi) is 7.25. The van der Waals surface area contributed by atoms with Crippen LogP contribution in [0.2, 0.25) is 0 Å². The molecular weight excluding hydrogens is 366 g/mol. The number of hydrogen-bond donors (Lipinski definition) is 2. The van der Waals surface area contributed by atoms with E-state index in [0.29, 0.717) is 12.1 Å². The molecule has 1 unspecified atom stereocenters. The molecule has 2 amide bonds. The van der Waals surface area contributed by atoms with Crippen molar-refractivity contribution >= 4 is 11.8 Å². The molecule has 1 saturated heterocycles. The molecule has 1 heterocycles. The van der Waals surface area contributed by atoms with Gasteiger partial charge in [0, 0.05) is 12.1 Å². The molecule has 1 aliphatic heterocycles. The van der Waals surface area contributed by atoms with E-state index in [4.69, 9.17) is 4.74 Å². The molecule has 2 aromatic rings. The Morgan fingerprint density at radius 3 is 2.55 bits per heavy atom. The molecule has 0 radical (unpaired) electrons. The first kappa shape index (κ1) is 20.9. The van der Waals surface area contributed by atoms with Crippen LogP contribution in [-0.2, 0) is 4.79 Å². The number of carbonyl (C=O) groups is 2. The van der Waals surface area contributed by atoms with E-state index in [1.807, 2.05) is 43.3 Å². The molecule has 1 fully saturated rings. The second-order valence-corrected chi connectivity index (χ2v) is 7.34. The number of methoxy groups -OCH3 is 1. The molecule has 0 bridgehead atoms. The fraction of sp³-hybridized carbons (Fsp3) is 0.391. The number of rotatable bonds is 8. The smallest absolute Gasteiger partial charge is 0.251 e. The van der Waals surface area contributed by atoms with Gasteiger partial charge in [-0.2, -0.15) is 0 Å². The van der Waals surface area contributed by atoms with E-state index in [0.717, 1.165) is 30.0 Å². The average molecular weight is 396 g/mol. The van der Waals surface area contributed by atoms with Gasteiger partial charge in [-0.1, -0.05) is 30.3 Å². The highest BCUT2D eigenvalue weighted by molar-refractivity contribution is 5.97. The molecule has 0 saturated carbocycles. The van der Waals surface area contributed by atoms with Crippen molar-refractivity contribution in [2.45, 2.75) is 25.8 Å². The van der Waals surface area contributed by atoms with Gasteiger partial charge >= 0.3 is 0 Å². The van der Waals surface area contributed by atoms with E-state index in [1.54, 1.807) is 13.2 Å². The zero-order chi connectivity index (χ0) is 20.6. The fourth-order valence-corrected chi connectivity index (χ4v) is 3.72. The van der Waals surface area contributed by atoms with Gasteiger partial charge in [0.05, 0.1) is 19.7 Å². The molecule has 0 spiro atoms. The van der Waals surface area contributed by atoms with Gasteiger partial charge in [0.25, 0.3) is 5.91 Å². The van der Waals surface area contributed by atoms with E-state index >= 15 is 0 Å². The molecule has 1 aliphatic rings. The molecular formula is C23H29N3O3. The maximum atomic E-state index is 12.4. The Morgan fingerprint density at radius 1 is 1.07 bits per heavy atom. The van der Waals surface area contributed by atoms with Crippen molar-refractivity contribution in [3.05, 3.63) is 65.2 Å². The lowest BCUT2D eigenvalue weighted by Crippen LogP contribution is -2.41. The Labute approximate surface area is 172 Å². The van der Waals surface area contributed by atoms with Gasteiger partial charge in [-0.25, -0.2) is 0 Å². The largest absolute Gasteiger partial charge is 0.497 e. The van der Waals surface area contributed by atoms with E-state index in [1.165, 1.54) is 12.8 Å². The van der Waals surface area contributed by atoms with Crippen molar-refractivity contribution in [2.75, 3.05) is 33.3 Å². The van der Waals surface area contributed by atoms with Crippen molar-refractivity contribution in [1.82, 2.24) is 15.5 Å². The highest BCUT2D eigenvalue weighted by Crippen LogP contribution is 2.27. The molecule has 29 heavy (non-hydrogen) atoms. The number of aryl methyl sites for hydroxylation is 1. The highest BCUT2D eigenvalue weighted by Gasteiger charge is 2.24. The topological polar surface area (TPSA) is 70.7 Å². The fourth-order valence-electron chi connectivity index (χ4n) is 3.72. The van der Waals surface area contributed by atoms with Crippen LogP contribution in [-0.4, -0.2) is 50.0 Å². The van der Waals surface area contributed by atoms with Crippen LogP contribution in [0.3, 0.4) is 0 Å². The minimum atomic E-state index is -0.234. The van der Waals surface area contributed by atoms with E-state index in [2.05, 4.69) is 21.6 Å². The molecule has 2 aromatic carbocycles. The molecule has 0 aliphatic carbocycles. The first-order valence-electron chi connectivity index (χ1n) is 10.1. The van der Waals surface area contributed by atoms with Crippen LogP contribution in [0.15, 0.2) is 48.5 Å². The maximum Gasteiger partial charge on any atom is 0.251 e. The highest BCUT2D eigenvalue weighted by atomic mass is 16.5. The Hall–Kier alpha value is -2.86. The van der Waals surface area contributed by atoms with Crippen LogP contribution in [0.5, 0.6) is 5.75 Å². The van der Waals surface area contributed by atoms with E-state index < -0.39 is 0 Å². The van der Waals surface area contributed by atoms with Crippen molar-refractivity contribution in [1.29, 1.82) is 0 Å². The average Bonchev–Trinajstić information content (AvgIpc) is 3.27. The third kappa shape index (κ3) is 5.57. The zero-order valence-corrected chi connectivity index (χ0v) is 17.1. The predicted octanol–water partition coefficient (Wildman–Crippen LogP) is 2.69. The second kappa shape index (κ2) is 10.1. The summed E-state index contributed by atoms with van der Waals surface area (Å²) in [5.74, 6) is 0.379. The lowest BCUT2D eigenvalue weighted by Gasteiger charge is -2.28. The van der Waals surface area contributed by atoms with Crippen LogP contribution in [0, 0.1) is 6.92 Å². The number of nitrogens with zero attached hydrogens (tertiary/aromatic N) is 1. The standard InChI is InChI=1S/C23H29N3O3/c1-17-8-3-4-11-20(17)23(28)25-16-22(27)24-15-21(26-12-5-6-13-26)18-9-7-10-19(14-18)29-2/h3-4,7-11,14,21H,5-6,12-13,15-16H2,1-2H3,(H,24,27)(H,25,28). The molecule has 154 valence electrons. The molecule has 1 atom stereocenters. The van der Waals surface area contributed by atoms with Crippen LogP contribution < -0.4 is 15.4 Å². The monoisotopic (exact) mass is 395 g/mol. The Morgan fingerprint density at radius 2 is 1.83 bits per heavy atom. The summed E-state index contributed by atoms with van der Waals surface area (Å²) in [6.07, 6.45) is 2.34. The Balaban J connectivity index is 1.58. The summed E-state index contributed by atoms with van der Waals surface area (Å²) >= 11 is 0. The number of carbonyl (C=O) groups excluding carboxylic acids is 2. The summed E-state index contributed by atoms with van der Waals surface area (Å²) in [6, 6.07) is 15.4. The van der Waals surface area contributed by atoms with Crippen LogP contribution in [0.4, 0.5) is 0 Å². The molecule has 6 nitrogen and oxygen atoms in total. The van der Waals surface area contributed by atoms with Gasteiger partial charge in [-0.3, -0.25) is 14.5 Å².